The Labute approximate surface area is 63.1 Å². The average Bonchev–Trinajstić information content (AvgIpc) is 1.87. The number of halogens is 1. The van der Waals surface area contributed by atoms with E-state index in [1.807, 2.05) is 0 Å². The van der Waals surface area contributed by atoms with E-state index in [1.165, 1.54) is 13.1 Å². The second-order valence-electron chi connectivity index (χ2n) is 1.69. The fraction of sp³-hybridized carbons (Fsp3) is 0.600. The molecule has 56 valence electrons. The summed E-state index contributed by atoms with van der Waals surface area (Å²) in [7, 11) is 1.44. The summed E-state index contributed by atoms with van der Waals surface area (Å²) >= 11 is 0.602. The SMILES string of the molecule is CN=C(N)SC(C)(F)C#N. The van der Waals surface area contributed by atoms with Crippen molar-refractivity contribution in [2.45, 2.75) is 11.9 Å². The lowest BCUT2D eigenvalue weighted by atomic mass is 10.5. The largest absolute Gasteiger partial charge is 0.378 e. The Morgan fingerprint density at radius 3 is 2.70 bits per heavy atom. The van der Waals surface area contributed by atoms with E-state index >= 15 is 0 Å². The molecule has 0 aliphatic heterocycles. The van der Waals surface area contributed by atoms with Gasteiger partial charge in [0.15, 0.2) is 5.17 Å². The zero-order valence-electron chi connectivity index (χ0n) is 5.76. The maximum absolute atomic E-state index is 12.7. The highest BCUT2D eigenvalue weighted by atomic mass is 32.2. The first-order chi connectivity index (χ1) is 4.52. The predicted octanol–water partition coefficient (Wildman–Crippen LogP) is 0.873. The first-order valence-corrected chi connectivity index (χ1v) is 3.35. The van der Waals surface area contributed by atoms with E-state index in [0.29, 0.717) is 11.8 Å². The van der Waals surface area contributed by atoms with E-state index in [-0.39, 0.29) is 5.17 Å². The minimum atomic E-state index is -1.97. The Morgan fingerprint density at radius 2 is 2.40 bits per heavy atom. The van der Waals surface area contributed by atoms with Gasteiger partial charge in [-0.25, -0.2) is 4.39 Å². The van der Waals surface area contributed by atoms with Crippen LogP contribution in [0.2, 0.25) is 0 Å². The fourth-order valence-corrected chi connectivity index (χ4v) is 0.795. The molecule has 1 unspecified atom stereocenters. The van der Waals surface area contributed by atoms with Gasteiger partial charge in [0.2, 0.25) is 5.00 Å². The van der Waals surface area contributed by atoms with Crippen molar-refractivity contribution in [3.63, 3.8) is 0 Å². The van der Waals surface area contributed by atoms with Gasteiger partial charge in [-0.05, 0) is 18.7 Å². The van der Waals surface area contributed by atoms with Gasteiger partial charge in [-0.1, -0.05) is 0 Å². The van der Waals surface area contributed by atoms with E-state index in [4.69, 9.17) is 11.0 Å². The van der Waals surface area contributed by atoms with Crippen molar-refractivity contribution in [3.8, 4) is 6.07 Å². The zero-order chi connectivity index (χ0) is 8.20. The van der Waals surface area contributed by atoms with Gasteiger partial charge in [0.05, 0.1) is 0 Å². The third kappa shape index (κ3) is 3.30. The van der Waals surface area contributed by atoms with Crippen molar-refractivity contribution >= 4 is 16.9 Å². The van der Waals surface area contributed by atoms with Crippen LogP contribution >= 0.6 is 11.8 Å². The minimum absolute atomic E-state index is 0.0755. The molecule has 0 aliphatic rings. The molecular formula is C5H8FN3S. The molecule has 0 fully saturated rings. The summed E-state index contributed by atoms with van der Waals surface area (Å²) in [6.45, 7) is 1.13. The van der Waals surface area contributed by atoms with Crippen LogP contribution < -0.4 is 5.73 Å². The van der Waals surface area contributed by atoms with Gasteiger partial charge in [-0.2, -0.15) is 5.26 Å². The highest BCUT2D eigenvalue weighted by molar-refractivity contribution is 8.15. The number of nitrogens with two attached hydrogens (primary N) is 1. The summed E-state index contributed by atoms with van der Waals surface area (Å²) < 4.78 is 12.7. The number of hydrogen-bond acceptors (Lipinski definition) is 3. The molecule has 0 spiro atoms. The van der Waals surface area contributed by atoms with Gasteiger partial charge in [-0.15, -0.1) is 0 Å². The van der Waals surface area contributed by atoms with Gasteiger partial charge in [0, 0.05) is 7.05 Å². The summed E-state index contributed by atoms with van der Waals surface area (Å²) in [6, 6.07) is 1.44. The Kier molecular flexibility index (Phi) is 3.16. The highest BCUT2D eigenvalue weighted by Crippen LogP contribution is 2.24. The Morgan fingerprint density at radius 1 is 1.90 bits per heavy atom. The van der Waals surface area contributed by atoms with Crippen LogP contribution in [0.5, 0.6) is 0 Å². The second-order valence-corrected chi connectivity index (χ2v) is 3.08. The van der Waals surface area contributed by atoms with Crippen LogP contribution in [0, 0.1) is 11.3 Å². The van der Waals surface area contributed by atoms with Gasteiger partial charge in [0.1, 0.15) is 6.07 Å². The number of nitrogens with zero attached hydrogens (tertiary/aromatic N) is 2. The number of nitriles is 1. The van der Waals surface area contributed by atoms with Crippen LogP contribution in [0.15, 0.2) is 4.99 Å². The number of thioether (sulfide) groups is 1. The monoisotopic (exact) mass is 161 g/mol. The smallest absolute Gasteiger partial charge is 0.245 e. The molecule has 1 atom stereocenters. The van der Waals surface area contributed by atoms with Crippen molar-refractivity contribution in [2.75, 3.05) is 7.05 Å². The van der Waals surface area contributed by atoms with Crippen LogP contribution in [0.3, 0.4) is 0 Å². The standard InChI is InChI=1S/C5H8FN3S/c1-5(6,3-7)10-4(8)9-2/h1-2H3,(H2,8,9). The first kappa shape index (κ1) is 9.24. The molecule has 0 rings (SSSR count). The molecule has 0 heterocycles. The molecule has 0 aliphatic carbocycles. The van der Waals surface area contributed by atoms with Crippen LogP contribution in [-0.2, 0) is 0 Å². The van der Waals surface area contributed by atoms with Crippen LogP contribution in [-0.4, -0.2) is 17.2 Å². The Hall–Kier alpha value is -0.760. The van der Waals surface area contributed by atoms with Crippen molar-refractivity contribution < 1.29 is 4.39 Å². The third-order valence-corrected chi connectivity index (χ3v) is 1.58. The summed E-state index contributed by atoms with van der Waals surface area (Å²) in [6.07, 6.45) is 0. The number of aliphatic imine (C=N–C) groups is 1. The Bertz CT molecular complexity index is 182. The molecule has 0 radical (unpaired) electrons. The van der Waals surface area contributed by atoms with Crippen molar-refractivity contribution in [3.05, 3.63) is 0 Å². The summed E-state index contributed by atoms with van der Waals surface area (Å²) in [5.74, 6) is 0. The fourth-order valence-electron chi connectivity index (χ4n) is 0.265. The summed E-state index contributed by atoms with van der Waals surface area (Å²) in [5.41, 5.74) is 5.16. The molecule has 0 amide bonds. The van der Waals surface area contributed by atoms with E-state index in [0.717, 1.165) is 6.92 Å². The maximum atomic E-state index is 12.7. The van der Waals surface area contributed by atoms with Crippen molar-refractivity contribution in [2.24, 2.45) is 10.7 Å². The molecule has 0 saturated carbocycles. The first-order valence-electron chi connectivity index (χ1n) is 2.53. The summed E-state index contributed by atoms with van der Waals surface area (Å²) in [5, 5.41) is 6.29. The van der Waals surface area contributed by atoms with Crippen LogP contribution in [0.4, 0.5) is 4.39 Å². The number of amidine groups is 1. The molecule has 3 nitrogen and oxygen atoms in total. The average molecular weight is 161 g/mol. The van der Waals surface area contributed by atoms with E-state index in [2.05, 4.69) is 4.99 Å². The van der Waals surface area contributed by atoms with Gasteiger partial charge >= 0.3 is 0 Å². The van der Waals surface area contributed by atoms with E-state index in [9.17, 15) is 4.39 Å². The molecule has 5 heteroatoms. The number of rotatable bonds is 1. The van der Waals surface area contributed by atoms with Crippen molar-refractivity contribution in [1.82, 2.24) is 0 Å². The second kappa shape index (κ2) is 3.42. The summed E-state index contributed by atoms with van der Waals surface area (Å²) in [4.78, 5) is 3.49. The molecule has 0 bridgehead atoms. The van der Waals surface area contributed by atoms with E-state index < -0.39 is 5.00 Å². The number of alkyl halides is 1. The van der Waals surface area contributed by atoms with E-state index in [1.54, 1.807) is 0 Å². The topological polar surface area (TPSA) is 62.2 Å². The van der Waals surface area contributed by atoms with Crippen molar-refractivity contribution in [1.29, 1.82) is 5.26 Å². The molecule has 10 heavy (non-hydrogen) atoms. The third-order valence-electron chi connectivity index (χ3n) is 0.716. The van der Waals surface area contributed by atoms with Gasteiger partial charge < -0.3 is 5.73 Å². The molecule has 0 aromatic carbocycles. The highest BCUT2D eigenvalue weighted by Gasteiger charge is 2.24. The molecule has 2 N–H and O–H groups in total. The molecule has 0 aromatic heterocycles. The lowest BCUT2D eigenvalue weighted by Gasteiger charge is -2.07. The lowest BCUT2D eigenvalue weighted by Crippen LogP contribution is -2.17. The maximum Gasteiger partial charge on any atom is 0.245 e. The number of hydrogen-bond donors (Lipinski definition) is 1. The minimum Gasteiger partial charge on any atom is -0.378 e. The van der Waals surface area contributed by atoms with Crippen LogP contribution in [0.1, 0.15) is 6.92 Å². The van der Waals surface area contributed by atoms with Gasteiger partial charge in [0.25, 0.3) is 0 Å². The quantitative estimate of drug-likeness (QED) is 0.458. The lowest BCUT2D eigenvalue weighted by molar-refractivity contribution is 0.398. The molecule has 0 aromatic rings. The van der Waals surface area contributed by atoms with Gasteiger partial charge in [-0.3, -0.25) is 4.99 Å². The normalized spacial score (nSPS) is 17.6. The molecular weight excluding hydrogens is 153 g/mol. The molecule has 0 saturated heterocycles. The zero-order valence-corrected chi connectivity index (χ0v) is 6.57. The van der Waals surface area contributed by atoms with Crippen LogP contribution in [0.25, 0.3) is 0 Å². The Balaban J connectivity index is 4.05. The predicted molar refractivity (Wildman–Crippen MR) is 40.3 cm³/mol.